The van der Waals surface area contributed by atoms with Crippen LogP contribution in [0, 0.1) is 5.92 Å². The van der Waals surface area contributed by atoms with Crippen LogP contribution in [0.4, 0.5) is 0 Å². The third-order valence-electron chi connectivity index (χ3n) is 3.68. The van der Waals surface area contributed by atoms with E-state index in [1.165, 1.54) is 32.2 Å². The fraction of sp³-hybridized carbons (Fsp3) is 1.00. The minimum absolute atomic E-state index is 0.669. The van der Waals surface area contributed by atoms with E-state index in [2.05, 4.69) is 31.1 Å². The number of hydrogen-bond acceptors (Lipinski definition) is 3. The molecule has 0 amide bonds. The van der Waals surface area contributed by atoms with Crippen molar-refractivity contribution in [2.45, 2.75) is 45.6 Å². The topological polar surface area (TPSA) is 24.5 Å². The van der Waals surface area contributed by atoms with Crippen molar-refractivity contribution in [3.63, 3.8) is 0 Å². The van der Waals surface area contributed by atoms with Gasteiger partial charge in [-0.2, -0.15) is 0 Å². The van der Waals surface area contributed by atoms with E-state index in [1.807, 2.05) is 0 Å². The van der Waals surface area contributed by atoms with Gasteiger partial charge in [-0.05, 0) is 65.6 Å². The number of unbranched alkanes of at least 4 members (excludes halogenated alkanes) is 1. The molecule has 0 radical (unpaired) electrons. The van der Waals surface area contributed by atoms with Crippen molar-refractivity contribution in [1.29, 1.82) is 0 Å². The molecule has 1 atom stereocenters. The first-order valence-corrected chi connectivity index (χ1v) is 7.19. The van der Waals surface area contributed by atoms with E-state index in [4.69, 9.17) is 4.74 Å². The lowest BCUT2D eigenvalue weighted by molar-refractivity contribution is 0.0549. The minimum atomic E-state index is 0.669. The number of nitrogens with one attached hydrogen (secondary N) is 1. The van der Waals surface area contributed by atoms with Gasteiger partial charge in [-0.1, -0.05) is 0 Å². The first-order valence-electron chi connectivity index (χ1n) is 7.19. The standard InChI is InChI=1S/C14H30N2O/c1-13(2)16(3)9-5-4-8-15-11-14-7-6-10-17-12-14/h13-15H,4-12H2,1-3H3. The van der Waals surface area contributed by atoms with Crippen molar-refractivity contribution in [3.05, 3.63) is 0 Å². The van der Waals surface area contributed by atoms with Crippen LogP contribution in [0.3, 0.4) is 0 Å². The Hall–Kier alpha value is -0.120. The van der Waals surface area contributed by atoms with Crippen LogP contribution in [0.5, 0.6) is 0 Å². The molecule has 1 aliphatic heterocycles. The molecule has 1 fully saturated rings. The van der Waals surface area contributed by atoms with E-state index < -0.39 is 0 Å². The predicted molar refractivity (Wildman–Crippen MR) is 73.4 cm³/mol. The lowest BCUT2D eigenvalue weighted by Crippen LogP contribution is -2.30. The van der Waals surface area contributed by atoms with Crippen molar-refractivity contribution in [3.8, 4) is 0 Å². The molecule has 0 aromatic rings. The van der Waals surface area contributed by atoms with Gasteiger partial charge in [0.1, 0.15) is 0 Å². The number of nitrogens with zero attached hydrogens (tertiary/aromatic N) is 1. The Labute approximate surface area is 107 Å². The molecule has 1 aliphatic rings. The summed E-state index contributed by atoms with van der Waals surface area (Å²) in [4.78, 5) is 2.41. The molecular formula is C14H30N2O. The van der Waals surface area contributed by atoms with Crippen LogP contribution in [0.25, 0.3) is 0 Å². The average molecular weight is 242 g/mol. The summed E-state index contributed by atoms with van der Waals surface area (Å²) in [5.74, 6) is 0.752. The van der Waals surface area contributed by atoms with E-state index in [9.17, 15) is 0 Å². The van der Waals surface area contributed by atoms with Gasteiger partial charge in [0.15, 0.2) is 0 Å². The van der Waals surface area contributed by atoms with E-state index in [0.29, 0.717) is 6.04 Å². The third kappa shape index (κ3) is 7.02. The number of ether oxygens (including phenoxy) is 1. The first-order chi connectivity index (χ1) is 8.20. The van der Waals surface area contributed by atoms with Crippen LogP contribution in [0.1, 0.15) is 39.5 Å². The van der Waals surface area contributed by atoms with Crippen molar-refractivity contribution in [2.24, 2.45) is 5.92 Å². The second kappa shape index (κ2) is 8.90. The quantitative estimate of drug-likeness (QED) is 0.660. The molecule has 0 aromatic heterocycles. The molecule has 3 nitrogen and oxygen atoms in total. The molecule has 1 rings (SSSR count). The summed E-state index contributed by atoms with van der Waals surface area (Å²) in [5, 5.41) is 3.56. The molecule has 1 saturated heterocycles. The highest BCUT2D eigenvalue weighted by Gasteiger charge is 2.12. The molecule has 1 heterocycles. The van der Waals surface area contributed by atoms with Crippen LogP contribution < -0.4 is 5.32 Å². The highest BCUT2D eigenvalue weighted by Crippen LogP contribution is 2.11. The zero-order chi connectivity index (χ0) is 12.5. The summed E-state index contributed by atoms with van der Waals surface area (Å²) in [6, 6.07) is 0.669. The summed E-state index contributed by atoms with van der Waals surface area (Å²) in [5.41, 5.74) is 0. The van der Waals surface area contributed by atoms with E-state index in [1.54, 1.807) is 0 Å². The smallest absolute Gasteiger partial charge is 0.0506 e. The van der Waals surface area contributed by atoms with E-state index >= 15 is 0 Å². The molecule has 0 aliphatic carbocycles. The summed E-state index contributed by atoms with van der Waals surface area (Å²) < 4.78 is 5.47. The van der Waals surface area contributed by atoms with Gasteiger partial charge in [-0.15, -0.1) is 0 Å². The first kappa shape index (κ1) is 14.9. The zero-order valence-corrected chi connectivity index (χ0v) is 11.9. The normalized spacial score (nSPS) is 21.4. The summed E-state index contributed by atoms with van der Waals surface area (Å²) in [7, 11) is 2.21. The third-order valence-corrected chi connectivity index (χ3v) is 3.68. The highest BCUT2D eigenvalue weighted by atomic mass is 16.5. The van der Waals surface area contributed by atoms with Gasteiger partial charge < -0.3 is 15.0 Å². The summed E-state index contributed by atoms with van der Waals surface area (Å²) >= 11 is 0. The van der Waals surface area contributed by atoms with Gasteiger partial charge in [-0.25, -0.2) is 0 Å². The van der Waals surface area contributed by atoms with Gasteiger partial charge in [0, 0.05) is 19.2 Å². The minimum Gasteiger partial charge on any atom is -0.381 e. The molecule has 0 aromatic carbocycles. The van der Waals surface area contributed by atoms with E-state index in [-0.39, 0.29) is 0 Å². The van der Waals surface area contributed by atoms with Gasteiger partial charge in [-0.3, -0.25) is 0 Å². The Morgan fingerprint density at radius 1 is 1.35 bits per heavy atom. The number of hydrogen-bond donors (Lipinski definition) is 1. The second-order valence-corrected chi connectivity index (χ2v) is 5.57. The van der Waals surface area contributed by atoms with Gasteiger partial charge in [0.05, 0.1) is 6.61 Å². The van der Waals surface area contributed by atoms with Crippen LogP contribution in [-0.4, -0.2) is 50.8 Å². The van der Waals surface area contributed by atoms with Gasteiger partial charge in [0.2, 0.25) is 0 Å². The maximum Gasteiger partial charge on any atom is 0.0506 e. The fourth-order valence-electron chi connectivity index (χ4n) is 2.14. The van der Waals surface area contributed by atoms with Crippen LogP contribution in [0.15, 0.2) is 0 Å². The molecule has 3 heteroatoms. The molecule has 1 unspecified atom stereocenters. The Bertz CT molecular complexity index is 179. The highest BCUT2D eigenvalue weighted by molar-refractivity contribution is 4.66. The lowest BCUT2D eigenvalue weighted by atomic mass is 10.0. The van der Waals surface area contributed by atoms with E-state index in [0.717, 1.165) is 32.2 Å². The van der Waals surface area contributed by atoms with Crippen LogP contribution in [-0.2, 0) is 4.74 Å². The van der Waals surface area contributed by atoms with Crippen molar-refractivity contribution >= 4 is 0 Å². The molecule has 1 N–H and O–H groups in total. The Balaban J connectivity index is 1.87. The molecule has 0 saturated carbocycles. The average Bonchev–Trinajstić information content (AvgIpc) is 2.34. The van der Waals surface area contributed by atoms with Gasteiger partial charge >= 0.3 is 0 Å². The summed E-state index contributed by atoms with van der Waals surface area (Å²) in [6.07, 6.45) is 5.15. The zero-order valence-electron chi connectivity index (χ0n) is 11.9. The molecular weight excluding hydrogens is 212 g/mol. The summed E-state index contributed by atoms with van der Waals surface area (Å²) in [6.45, 7) is 9.94. The SMILES string of the molecule is CC(C)N(C)CCCCNCC1CCCOC1. The molecule has 17 heavy (non-hydrogen) atoms. The molecule has 0 spiro atoms. The monoisotopic (exact) mass is 242 g/mol. The Kier molecular flexibility index (Phi) is 7.82. The molecule has 0 bridgehead atoms. The Morgan fingerprint density at radius 2 is 2.18 bits per heavy atom. The maximum atomic E-state index is 5.47. The van der Waals surface area contributed by atoms with Crippen molar-refractivity contribution < 1.29 is 4.74 Å². The maximum absolute atomic E-state index is 5.47. The Morgan fingerprint density at radius 3 is 2.82 bits per heavy atom. The van der Waals surface area contributed by atoms with Crippen molar-refractivity contribution in [2.75, 3.05) is 39.9 Å². The largest absolute Gasteiger partial charge is 0.381 e. The fourth-order valence-corrected chi connectivity index (χ4v) is 2.14. The van der Waals surface area contributed by atoms with Gasteiger partial charge in [0.25, 0.3) is 0 Å². The number of rotatable bonds is 8. The van der Waals surface area contributed by atoms with Crippen molar-refractivity contribution in [1.82, 2.24) is 10.2 Å². The second-order valence-electron chi connectivity index (χ2n) is 5.57. The van der Waals surface area contributed by atoms with Crippen LogP contribution in [0.2, 0.25) is 0 Å². The predicted octanol–water partition coefficient (Wildman–Crippen LogP) is 2.12. The van der Waals surface area contributed by atoms with Crippen LogP contribution >= 0.6 is 0 Å². The lowest BCUT2D eigenvalue weighted by Gasteiger charge is -2.23. The molecule has 102 valence electrons.